The Bertz CT molecular complexity index is 1050. The Morgan fingerprint density at radius 3 is 2.39 bits per heavy atom. The van der Waals surface area contributed by atoms with Crippen LogP contribution in [0, 0.1) is 5.82 Å². The van der Waals surface area contributed by atoms with Gasteiger partial charge < -0.3 is 9.47 Å². The number of hydrogen-bond acceptors (Lipinski definition) is 5. The van der Waals surface area contributed by atoms with Crippen molar-refractivity contribution in [3.05, 3.63) is 39.8 Å². The highest BCUT2D eigenvalue weighted by molar-refractivity contribution is 5.93. The number of carbonyl (C=O) groups excluding carboxylic acids is 1. The predicted octanol–water partition coefficient (Wildman–Crippen LogP) is 3.97. The summed E-state index contributed by atoms with van der Waals surface area (Å²) in [6, 6.07) is 1.56. The summed E-state index contributed by atoms with van der Waals surface area (Å²) in [6.07, 6.45) is -3.01. The normalized spacial score (nSPS) is 14.6. The maximum atomic E-state index is 14.9. The minimum Gasteiger partial charge on any atom is -0.483 e. The van der Waals surface area contributed by atoms with E-state index in [9.17, 15) is 27.2 Å². The largest absolute Gasteiger partial charge is 0.483 e. The van der Waals surface area contributed by atoms with Gasteiger partial charge in [-0.25, -0.2) is 14.0 Å². The summed E-state index contributed by atoms with van der Waals surface area (Å²) in [5, 5.41) is 4.19. The number of nitrogens with zero attached hydrogens (tertiary/aromatic N) is 3. The van der Waals surface area contributed by atoms with Crippen LogP contribution in [-0.4, -0.2) is 38.7 Å². The molecule has 0 unspecified atom stereocenters. The second-order valence-corrected chi connectivity index (χ2v) is 8.28. The number of rotatable bonds is 6. The average Bonchev–Trinajstić information content (AvgIpc) is 3.42. The van der Waals surface area contributed by atoms with E-state index >= 15 is 0 Å². The lowest BCUT2D eigenvalue weighted by atomic mass is 10.1. The Labute approximate surface area is 175 Å². The van der Waals surface area contributed by atoms with Crippen molar-refractivity contribution in [2.45, 2.75) is 64.8 Å². The molecule has 0 radical (unpaired) electrons. The van der Waals surface area contributed by atoms with E-state index in [0.29, 0.717) is 18.4 Å². The van der Waals surface area contributed by atoms with Crippen molar-refractivity contribution >= 4 is 5.97 Å². The van der Waals surface area contributed by atoms with Gasteiger partial charge in [0.25, 0.3) is 0 Å². The Morgan fingerprint density at radius 1 is 1.23 bits per heavy atom. The minimum absolute atomic E-state index is 0.0824. The van der Waals surface area contributed by atoms with E-state index in [1.54, 1.807) is 27.7 Å². The van der Waals surface area contributed by atoms with Gasteiger partial charge in [0, 0.05) is 18.5 Å². The van der Waals surface area contributed by atoms with Gasteiger partial charge in [-0.2, -0.15) is 17.9 Å². The second kappa shape index (κ2) is 8.01. The van der Waals surface area contributed by atoms with Gasteiger partial charge in [-0.05, 0) is 46.6 Å². The highest BCUT2D eigenvalue weighted by atomic mass is 19.4. The lowest BCUT2D eigenvalue weighted by Crippen LogP contribution is -2.27. The maximum absolute atomic E-state index is 14.9. The number of ether oxygens (including phenoxy) is 2. The maximum Gasteiger partial charge on any atom is 0.422 e. The summed E-state index contributed by atoms with van der Waals surface area (Å²) in [5.74, 6) is -2.07. The molecule has 1 saturated carbocycles. The zero-order valence-corrected chi connectivity index (χ0v) is 17.5. The number of esters is 1. The SMILES string of the molecule is CCn1c(C2CC2)nn(-c2cc(OCC(F)(F)F)c(C(=O)OC(C)(C)C)cc2F)c1=O. The molecular formula is C20H23F4N3O4. The van der Waals surface area contributed by atoms with E-state index < -0.39 is 52.9 Å². The quantitative estimate of drug-likeness (QED) is 0.497. The molecule has 0 atom stereocenters. The first-order chi connectivity index (χ1) is 14.3. The summed E-state index contributed by atoms with van der Waals surface area (Å²) in [5.41, 5.74) is -2.53. The van der Waals surface area contributed by atoms with Gasteiger partial charge in [0.1, 0.15) is 34.2 Å². The van der Waals surface area contributed by atoms with Crippen LogP contribution in [0.15, 0.2) is 16.9 Å². The molecule has 1 aliphatic carbocycles. The van der Waals surface area contributed by atoms with E-state index in [4.69, 9.17) is 9.47 Å². The van der Waals surface area contributed by atoms with Gasteiger partial charge in [0.15, 0.2) is 6.61 Å². The smallest absolute Gasteiger partial charge is 0.422 e. The van der Waals surface area contributed by atoms with Crippen molar-refractivity contribution in [2.75, 3.05) is 6.61 Å². The number of halogens is 4. The Hall–Kier alpha value is -2.85. The number of aromatic nitrogens is 3. The number of benzene rings is 1. The summed E-state index contributed by atoms with van der Waals surface area (Å²) in [4.78, 5) is 25.2. The minimum atomic E-state index is -4.69. The lowest BCUT2D eigenvalue weighted by molar-refractivity contribution is -0.153. The molecule has 11 heteroatoms. The zero-order chi connectivity index (χ0) is 23.1. The Balaban J connectivity index is 2.10. The topological polar surface area (TPSA) is 75.3 Å². The molecular weight excluding hydrogens is 422 g/mol. The molecule has 170 valence electrons. The summed E-state index contributed by atoms with van der Waals surface area (Å²) in [6.45, 7) is 5.00. The summed E-state index contributed by atoms with van der Waals surface area (Å²) >= 11 is 0. The number of alkyl halides is 3. The van der Waals surface area contributed by atoms with Crippen molar-refractivity contribution in [3.63, 3.8) is 0 Å². The lowest BCUT2D eigenvalue weighted by Gasteiger charge is -2.21. The van der Waals surface area contributed by atoms with Gasteiger partial charge in [-0.1, -0.05) is 0 Å². The fourth-order valence-corrected chi connectivity index (χ4v) is 2.99. The molecule has 0 bridgehead atoms. The van der Waals surface area contributed by atoms with Crippen molar-refractivity contribution in [3.8, 4) is 11.4 Å². The van der Waals surface area contributed by atoms with E-state index in [0.717, 1.165) is 23.6 Å². The highest BCUT2D eigenvalue weighted by Crippen LogP contribution is 2.39. The van der Waals surface area contributed by atoms with Gasteiger partial charge in [0.2, 0.25) is 0 Å². The number of carbonyl (C=O) groups is 1. The molecule has 7 nitrogen and oxygen atoms in total. The monoisotopic (exact) mass is 445 g/mol. The Morgan fingerprint density at radius 2 is 1.87 bits per heavy atom. The standard InChI is InChI=1S/C20H23F4N3O4/c1-5-26-16(11-6-7-11)25-27(18(26)29)14-9-15(30-10-20(22,23)24)12(8-13(14)21)17(28)31-19(2,3)4/h8-9,11H,5-7,10H2,1-4H3. The van der Waals surface area contributed by atoms with Crippen LogP contribution in [0.25, 0.3) is 5.69 Å². The molecule has 1 aromatic carbocycles. The fourth-order valence-electron chi connectivity index (χ4n) is 2.99. The van der Waals surface area contributed by atoms with Crippen molar-refractivity contribution < 1.29 is 31.8 Å². The van der Waals surface area contributed by atoms with Crippen molar-refractivity contribution in [2.24, 2.45) is 0 Å². The van der Waals surface area contributed by atoms with Gasteiger partial charge in [-0.15, -0.1) is 5.10 Å². The van der Waals surface area contributed by atoms with Crippen LogP contribution in [0.1, 0.15) is 62.6 Å². The second-order valence-electron chi connectivity index (χ2n) is 8.28. The third-order valence-corrected chi connectivity index (χ3v) is 4.44. The van der Waals surface area contributed by atoms with Crippen molar-refractivity contribution in [1.82, 2.24) is 14.3 Å². The van der Waals surface area contributed by atoms with E-state index in [1.807, 2.05) is 0 Å². The average molecular weight is 445 g/mol. The molecule has 31 heavy (non-hydrogen) atoms. The summed E-state index contributed by atoms with van der Waals surface area (Å²) in [7, 11) is 0. The molecule has 1 heterocycles. The predicted molar refractivity (Wildman–Crippen MR) is 102 cm³/mol. The molecule has 1 aliphatic rings. The van der Waals surface area contributed by atoms with E-state index in [-0.39, 0.29) is 5.92 Å². The van der Waals surface area contributed by atoms with Crippen LogP contribution in [-0.2, 0) is 11.3 Å². The molecule has 2 aromatic rings. The van der Waals surface area contributed by atoms with E-state index in [1.165, 1.54) is 4.57 Å². The first-order valence-electron chi connectivity index (χ1n) is 9.77. The van der Waals surface area contributed by atoms with Crippen LogP contribution in [0.5, 0.6) is 5.75 Å². The third kappa shape index (κ3) is 5.26. The third-order valence-electron chi connectivity index (χ3n) is 4.44. The Kier molecular flexibility index (Phi) is 5.90. The van der Waals surface area contributed by atoms with Gasteiger partial charge >= 0.3 is 17.8 Å². The van der Waals surface area contributed by atoms with Crippen LogP contribution in [0.3, 0.4) is 0 Å². The number of hydrogen-bond donors (Lipinski definition) is 0. The summed E-state index contributed by atoms with van der Waals surface area (Å²) < 4.78 is 65.2. The molecule has 0 aliphatic heterocycles. The zero-order valence-electron chi connectivity index (χ0n) is 17.5. The fraction of sp³-hybridized carbons (Fsp3) is 0.550. The first kappa shape index (κ1) is 22.8. The molecule has 0 N–H and O–H groups in total. The molecule has 1 fully saturated rings. The molecule has 0 spiro atoms. The van der Waals surface area contributed by atoms with Crippen LogP contribution < -0.4 is 10.4 Å². The molecule has 0 amide bonds. The van der Waals surface area contributed by atoms with Crippen molar-refractivity contribution in [1.29, 1.82) is 0 Å². The van der Waals surface area contributed by atoms with Gasteiger partial charge in [0.05, 0.1) is 0 Å². The van der Waals surface area contributed by atoms with Crippen LogP contribution >= 0.6 is 0 Å². The highest BCUT2D eigenvalue weighted by Gasteiger charge is 2.33. The van der Waals surface area contributed by atoms with E-state index in [2.05, 4.69) is 5.10 Å². The van der Waals surface area contributed by atoms with Crippen LogP contribution in [0.4, 0.5) is 17.6 Å². The molecule has 3 rings (SSSR count). The first-order valence-corrected chi connectivity index (χ1v) is 9.77. The molecule has 1 aromatic heterocycles. The van der Waals surface area contributed by atoms with Crippen LogP contribution in [0.2, 0.25) is 0 Å². The van der Waals surface area contributed by atoms with Gasteiger partial charge in [-0.3, -0.25) is 4.57 Å². The molecule has 0 saturated heterocycles.